The third kappa shape index (κ3) is 2.86. The van der Waals surface area contributed by atoms with Crippen LogP contribution in [-0.2, 0) is 4.79 Å². The van der Waals surface area contributed by atoms with Crippen molar-refractivity contribution in [1.82, 2.24) is 4.90 Å². The van der Waals surface area contributed by atoms with Gasteiger partial charge in [0.2, 0.25) is 5.91 Å². The van der Waals surface area contributed by atoms with E-state index in [0.29, 0.717) is 25.0 Å². The number of aliphatic hydroxyl groups excluding tert-OH is 1. The molecule has 4 heteroatoms. The number of carbonyl (C=O) groups excluding carboxylic acids is 1. The van der Waals surface area contributed by atoms with Crippen LogP contribution in [0.15, 0.2) is 0 Å². The van der Waals surface area contributed by atoms with Gasteiger partial charge < -0.3 is 15.7 Å². The molecule has 0 heterocycles. The van der Waals surface area contributed by atoms with Gasteiger partial charge in [-0.05, 0) is 44.6 Å². The number of nitrogens with two attached hydrogens (primary N) is 1. The van der Waals surface area contributed by atoms with E-state index >= 15 is 0 Å². The molecular weight excluding hydrogens is 228 g/mol. The second-order valence-corrected chi connectivity index (χ2v) is 5.73. The lowest BCUT2D eigenvalue weighted by molar-refractivity contribution is -0.143. The van der Waals surface area contributed by atoms with Crippen LogP contribution in [0.2, 0.25) is 0 Å². The molecule has 1 amide bonds. The molecule has 2 aliphatic carbocycles. The van der Waals surface area contributed by atoms with Crippen molar-refractivity contribution >= 4 is 5.91 Å². The van der Waals surface area contributed by atoms with Crippen molar-refractivity contribution in [3.05, 3.63) is 0 Å². The third-order valence-electron chi connectivity index (χ3n) is 4.67. The molecule has 2 atom stereocenters. The quantitative estimate of drug-likeness (QED) is 0.773. The average molecular weight is 254 g/mol. The molecule has 2 fully saturated rings. The molecule has 18 heavy (non-hydrogen) atoms. The minimum Gasteiger partial charge on any atom is -0.395 e. The summed E-state index contributed by atoms with van der Waals surface area (Å²) in [6.07, 6.45) is 7.84. The van der Waals surface area contributed by atoms with Crippen LogP contribution in [0.3, 0.4) is 0 Å². The predicted octanol–water partition coefficient (Wildman–Crippen LogP) is 1.12. The van der Waals surface area contributed by atoms with Crippen molar-refractivity contribution in [3.8, 4) is 0 Å². The molecule has 2 aliphatic rings. The second-order valence-electron chi connectivity index (χ2n) is 5.73. The topological polar surface area (TPSA) is 66.6 Å². The van der Waals surface area contributed by atoms with Gasteiger partial charge in [0.05, 0.1) is 6.61 Å². The maximum Gasteiger partial charge on any atom is 0.226 e. The fraction of sp³-hybridized carbons (Fsp3) is 0.929. The van der Waals surface area contributed by atoms with Gasteiger partial charge in [0, 0.05) is 18.5 Å². The van der Waals surface area contributed by atoms with Gasteiger partial charge in [-0.3, -0.25) is 4.79 Å². The second kappa shape index (κ2) is 6.53. The fourth-order valence-corrected chi connectivity index (χ4v) is 3.31. The number of nitrogens with zero attached hydrogens (tertiary/aromatic N) is 1. The van der Waals surface area contributed by atoms with Crippen molar-refractivity contribution in [2.75, 3.05) is 19.7 Å². The van der Waals surface area contributed by atoms with Crippen LogP contribution in [0, 0.1) is 11.8 Å². The molecule has 0 aromatic heterocycles. The van der Waals surface area contributed by atoms with Crippen molar-refractivity contribution in [1.29, 1.82) is 0 Å². The Morgan fingerprint density at radius 3 is 2.44 bits per heavy atom. The van der Waals surface area contributed by atoms with Crippen molar-refractivity contribution in [2.24, 2.45) is 17.6 Å². The zero-order valence-corrected chi connectivity index (χ0v) is 11.2. The van der Waals surface area contributed by atoms with E-state index in [1.165, 1.54) is 12.8 Å². The maximum absolute atomic E-state index is 12.7. The highest BCUT2D eigenvalue weighted by Gasteiger charge is 2.36. The van der Waals surface area contributed by atoms with E-state index < -0.39 is 0 Å². The Morgan fingerprint density at radius 1 is 1.17 bits per heavy atom. The molecule has 0 aliphatic heterocycles. The maximum atomic E-state index is 12.7. The summed E-state index contributed by atoms with van der Waals surface area (Å²) in [7, 11) is 0. The van der Waals surface area contributed by atoms with E-state index in [-0.39, 0.29) is 18.4 Å². The van der Waals surface area contributed by atoms with Crippen LogP contribution in [0.4, 0.5) is 0 Å². The fourth-order valence-electron chi connectivity index (χ4n) is 3.31. The zero-order valence-electron chi connectivity index (χ0n) is 11.2. The smallest absolute Gasteiger partial charge is 0.226 e. The summed E-state index contributed by atoms with van der Waals surface area (Å²) in [5.41, 5.74) is 5.81. The van der Waals surface area contributed by atoms with E-state index in [9.17, 15) is 4.79 Å². The molecule has 104 valence electrons. The standard InChI is InChI=1S/C14H26N2O2/c15-10-11-4-1-2-7-13(11)14(18)16(8-9-17)12-5-3-6-12/h11-13,17H,1-10,15H2. The summed E-state index contributed by atoms with van der Waals surface area (Å²) >= 11 is 0. The van der Waals surface area contributed by atoms with E-state index in [1.54, 1.807) is 0 Å². The minimum absolute atomic E-state index is 0.0717. The highest BCUT2D eigenvalue weighted by molar-refractivity contribution is 5.79. The van der Waals surface area contributed by atoms with Gasteiger partial charge in [0.25, 0.3) is 0 Å². The number of aliphatic hydroxyl groups is 1. The van der Waals surface area contributed by atoms with Crippen molar-refractivity contribution < 1.29 is 9.90 Å². The Labute approximate surface area is 110 Å². The van der Waals surface area contributed by atoms with Gasteiger partial charge >= 0.3 is 0 Å². The van der Waals surface area contributed by atoms with Crippen LogP contribution < -0.4 is 5.73 Å². The summed E-state index contributed by atoms with van der Waals surface area (Å²) in [4.78, 5) is 14.6. The first kappa shape index (κ1) is 13.8. The first-order valence-electron chi connectivity index (χ1n) is 7.39. The van der Waals surface area contributed by atoms with Gasteiger partial charge in [0.15, 0.2) is 0 Å². The van der Waals surface area contributed by atoms with Crippen LogP contribution in [0.1, 0.15) is 44.9 Å². The number of rotatable bonds is 5. The summed E-state index contributed by atoms with van der Waals surface area (Å²) < 4.78 is 0. The Bertz CT molecular complexity index is 273. The normalized spacial score (nSPS) is 28.8. The summed E-state index contributed by atoms with van der Waals surface area (Å²) in [6.45, 7) is 1.19. The van der Waals surface area contributed by atoms with Crippen LogP contribution in [0.25, 0.3) is 0 Å². The predicted molar refractivity (Wildman–Crippen MR) is 70.9 cm³/mol. The Hall–Kier alpha value is -0.610. The SMILES string of the molecule is NCC1CCCCC1C(=O)N(CCO)C1CCC1. The molecule has 3 N–H and O–H groups in total. The highest BCUT2D eigenvalue weighted by Crippen LogP contribution is 2.33. The minimum atomic E-state index is 0.0717. The van der Waals surface area contributed by atoms with Crippen LogP contribution in [-0.4, -0.2) is 41.7 Å². The largest absolute Gasteiger partial charge is 0.395 e. The van der Waals surface area contributed by atoms with Gasteiger partial charge in [-0.15, -0.1) is 0 Å². The Kier molecular flexibility index (Phi) is 5.01. The third-order valence-corrected chi connectivity index (χ3v) is 4.67. The first-order chi connectivity index (χ1) is 8.77. The molecule has 0 radical (unpaired) electrons. The van der Waals surface area contributed by atoms with E-state index in [0.717, 1.165) is 32.1 Å². The lowest BCUT2D eigenvalue weighted by atomic mass is 9.77. The molecule has 0 spiro atoms. The highest BCUT2D eigenvalue weighted by atomic mass is 16.3. The monoisotopic (exact) mass is 254 g/mol. The van der Waals surface area contributed by atoms with E-state index in [4.69, 9.17) is 10.8 Å². The number of amides is 1. The molecule has 2 saturated carbocycles. The van der Waals surface area contributed by atoms with Crippen LogP contribution in [0.5, 0.6) is 0 Å². The summed E-state index contributed by atoms with van der Waals surface area (Å²) in [5, 5.41) is 9.16. The Balaban J connectivity index is 2.01. The van der Waals surface area contributed by atoms with Gasteiger partial charge in [-0.2, -0.15) is 0 Å². The number of hydrogen-bond acceptors (Lipinski definition) is 3. The summed E-state index contributed by atoms with van der Waals surface area (Å²) in [5.74, 6) is 0.715. The molecule has 2 unspecified atom stereocenters. The molecule has 2 rings (SSSR count). The Morgan fingerprint density at radius 2 is 1.89 bits per heavy atom. The number of carbonyl (C=O) groups is 1. The van der Waals surface area contributed by atoms with Crippen molar-refractivity contribution in [2.45, 2.75) is 51.0 Å². The molecular formula is C14H26N2O2. The van der Waals surface area contributed by atoms with Gasteiger partial charge in [0.1, 0.15) is 0 Å². The molecule has 0 aromatic carbocycles. The lowest BCUT2D eigenvalue weighted by Crippen LogP contribution is -2.50. The first-order valence-corrected chi connectivity index (χ1v) is 7.39. The van der Waals surface area contributed by atoms with E-state index in [2.05, 4.69) is 0 Å². The molecule has 4 nitrogen and oxygen atoms in total. The van der Waals surface area contributed by atoms with Crippen molar-refractivity contribution in [3.63, 3.8) is 0 Å². The zero-order chi connectivity index (χ0) is 13.0. The van der Waals surface area contributed by atoms with E-state index in [1.807, 2.05) is 4.90 Å². The van der Waals surface area contributed by atoms with Gasteiger partial charge in [-0.1, -0.05) is 12.8 Å². The number of hydrogen-bond donors (Lipinski definition) is 2. The molecule has 0 aromatic rings. The molecule has 0 bridgehead atoms. The van der Waals surface area contributed by atoms with Gasteiger partial charge in [-0.25, -0.2) is 0 Å². The molecule has 0 saturated heterocycles. The lowest BCUT2D eigenvalue weighted by Gasteiger charge is -2.41. The van der Waals surface area contributed by atoms with Crippen LogP contribution >= 0.6 is 0 Å². The average Bonchev–Trinajstić information content (AvgIpc) is 2.35. The summed E-state index contributed by atoms with van der Waals surface area (Å²) in [6, 6.07) is 0.380.